The maximum absolute atomic E-state index is 14.6. The van der Waals surface area contributed by atoms with Crippen molar-refractivity contribution in [2.45, 2.75) is 84.4 Å². The number of fused-ring (bicyclic) bond motifs is 5. The first-order chi connectivity index (χ1) is 19.2. The van der Waals surface area contributed by atoms with E-state index in [1.54, 1.807) is 33.1 Å². The zero-order valence-electron chi connectivity index (χ0n) is 24.5. The maximum atomic E-state index is 14.6. The van der Waals surface area contributed by atoms with Gasteiger partial charge < -0.3 is 28.5 Å². The van der Waals surface area contributed by atoms with Crippen LogP contribution in [0.1, 0.15) is 66.1 Å². The Kier molecular flexibility index (Phi) is 6.02. The molecule has 2 aliphatic heterocycles. The molecule has 0 aromatic carbocycles. The Morgan fingerprint density at radius 3 is 2.44 bits per heavy atom. The van der Waals surface area contributed by atoms with E-state index in [0.717, 1.165) is 11.1 Å². The van der Waals surface area contributed by atoms with Gasteiger partial charge in [0.15, 0.2) is 6.10 Å². The molecular weight excluding hydrogens is 532 g/mol. The van der Waals surface area contributed by atoms with E-state index < -0.39 is 87.8 Å². The first-order valence-corrected chi connectivity index (χ1v) is 14.3. The molecule has 1 unspecified atom stereocenters. The molecule has 1 aromatic heterocycles. The van der Waals surface area contributed by atoms with Crippen molar-refractivity contribution in [3.63, 3.8) is 0 Å². The Bertz CT molecular complexity index is 1340. The molecule has 10 atom stereocenters. The Hall–Kier alpha value is -2.98. The fourth-order valence-corrected chi connectivity index (χ4v) is 9.22. The largest absolute Gasteiger partial charge is 0.472 e. The van der Waals surface area contributed by atoms with Gasteiger partial charge in [-0.25, -0.2) is 9.59 Å². The average molecular weight is 571 g/mol. The lowest BCUT2D eigenvalue weighted by atomic mass is 9.38. The summed E-state index contributed by atoms with van der Waals surface area (Å²) >= 11 is 0. The highest BCUT2D eigenvalue weighted by Crippen LogP contribution is 2.76. The summed E-state index contributed by atoms with van der Waals surface area (Å²) in [5.74, 6) is -4.82. The van der Waals surface area contributed by atoms with E-state index in [4.69, 9.17) is 23.4 Å². The van der Waals surface area contributed by atoms with Crippen LogP contribution in [0.4, 0.5) is 0 Å². The number of epoxide rings is 1. The number of Topliss-reactive ketones (excluding diaryl/α,β-unsaturated/α-hetero) is 1. The number of furan rings is 1. The molecule has 3 saturated carbocycles. The lowest BCUT2D eigenvalue weighted by Gasteiger charge is -2.64. The Morgan fingerprint density at radius 2 is 1.83 bits per heavy atom. The molecule has 222 valence electrons. The second kappa shape index (κ2) is 8.77. The Balaban J connectivity index is 1.54. The summed E-state index contributed by atoms with van der Waals surface area (Å²) in [6, 6.07) is 1.77. The van der Waals surface area contributed by atoms with E-state index in [-0.39, 0.29) is 5.78 Å². The molecule has 1 saturated heterocycles. The highest BCUT2D eigenvalue weighted by Gasteiger charge is 2.85. The molecule has 3 heterocycles. The Labute approximate surface area is 238 Å². The third-order valence-electron chi connectivity index (χ3n) is 11.0. The van der Waals surface area contributed by atoms with Gasteiger partial charge >= 0.3 is 17.9 Å². The summed E-state index contributed by atoms with van der Waals surface area (Å²) in [6.45, 7) is 10.9. The molecule has 5 aliphatic rings. The van der Waals surface area contributed by atoms with Crippen LogP contribution in [0, 0.1) is 39.9 Å². The molecule has 6 rings (SSSR count). The summed E-state index contributed by atoms with van der Waals surface area (Å²) in [5, 5.41) is 11.5. The smallest absolute Gasteiger partial charge is 0.335 e. The second-order valence-electron chi connectivity index (χ2n) is 13.7. The van der Waals surface area contributed by atoms with Gasteiger partial charge in [-0.3, -0.25) is 9.59 Å². The van der Waals surface area contributed by atoms with Crippen molar-refractivity contribution in [1.29, 1.82) is 0 Å². The van der Waals surface area contributed by atoms with Crippen molar-refractivity contribution in [3.05, 3.63) is 35.8 Å². The number of hydrogen-bond acceptors (Lipinski definition) is 10. The fourth-order valence-electron chi connectivity index (χ4n) is 9.22. The summed E-state index contributed by atoms with van der Waals surface area (Å²) in [6.07, 6.45) is 1.75. The number of esters is 3. The number of carbonyl (C=O) groups excluding carboxylic acids is 4. The number of hydrogen-bond donors (Lipinski definition) is 1. The minimum atomic E-state index is -1.66. The molecule has 4 fully saturated rings. The third-order valence-corrected chi connectivity index (χ3v) is 11.0. The highest BCUT2D eigenvalue weighted by molar-refractivity contribution is 5.95. The van der Waals surface area contributed by atoms with E-state index >= 15 is 0 Å². The lowest BCUT2D eigenvalue weighted by molar-refractivity contribution is -0.218. The SMILES string of the molecule is COC(=O)C(O)[C@H]1C(C)(C)[C@H](OC(=O)C(C)C)[C@H]2C(=O)[C@]1(C)[C@H]1CC[C@]3(C)C(=CC(=O)O[C@H]3c3ccoc3)[C@]13O[C@H]23. The van der Waals surface area contributed by atoms with E-state index in [1.807, 2.05) is 20.8 Å². The molecule has 1 aromatic rings. The number of cyclic esters (lactones) is 1. The molecule has 0 radical (unpaired) electrons. The minimum absolute atomic E-state index is 0.205. The van der Waals surface area contributed by atoms with Gasteiger partial charge in [-0.15, -0.1) is 0 Å². The summed E-state index contributed by atoms with van der Waals surface area (Å²) in [5.41, 5.74) is -2.51. The monoisotopic (exact) mass is 570 g/mol. The van der Waals surface area contributed by atoms with Gasteiger partial charge in [-0.1, -0.05) is 41.5 Å². The molecule has 1 N–H and O–H groups in total. The van der Waals surface area contributed by atoms with Crippen molar-refractivity contribution < 1.29 is 47.6 Å². The van der Waals surface area contributed by atoms with Gasteiger partial charge in [0.25, 0.3) is 0 Å². The van der Waals surface area contributed by atoms with Crippen molar-refractivity contribution in [2.75, 3.05) is 7.11 Å². The van der Waals surface area contributed by atoms with Gasteiger partial charge in [0.1, 0.15) is 29.7 Å². The number of aliphatic hydroxyl groups is 1. The van der Waals surface area contributed by atoms with Crippen molar-refractivity contribution >= 4 is 23.7 Å². The molecule has 0 amide bonds. The van der Waals surface area contributed by atoms with Gasteiger partial charge in [0.05, 0.1) is 31.5 Å². The van der Waals surface area contributed by atoms with Crippen LogP contribution < -0.4 is 0 Å². The molecular formula is C31H38O10. The third kappa shape index (κ3) is 3.43. The second-order valence-corrected chi connectivity index (χ2v) is 13.7. The number of aliphatic hydroxyl groups excluding tert-OH is 1. The molecule has 1 spiro atoms. The summed E-state index contributed by atoms with van der Waals surface area (Å²) < 4.78 is 28.8. The predicted molar refractivity (Wildman–Crippen MR) is 141 cm³/mol. The number of methoxy groups -OCH3 is 1. The molecule has 41 heavy (non-hydrogen) atoms. The average Bonchev–Trinajstić information content (AvgIpc) is 3.36. The predicted octanol–water partition coefficient (Wildman–Crippen LogP) is 3.32. The first kappa shape index (κ1) is 28.2. The van der Waals surface area contributed by atoms with Crippen LogP contribution in [-0.2, 0) is 38.1 Å². The summed E-state index contributed by atoms with van der Waals surface area (Å²) in [7, 11) is 1.19. The number of ether oxygens (including phenoxy) is 4. The van der Waals surface area contributed by atoms with Crippen molar-refractivity contribution in [2.24, 2.45) is 39.9 Å². The minimum Gasteiger partial charge on any atom is -0.472 e. The molecule has 10 heteroatoms. The van der Waals surface area contributed by atoms with Crippen LogP contribution >= 0.6 is 0 Å². The Morgan fingerprint density at radius 1 is 1.12 bits per heavy atom. The van der Waals surface area contributed by atoms with Gasteiger partial charge in [-0.2, -0.15) is 0 Å². The van der Waals surface area contributed by atoms with E-state index in [0.29, 0.717) is 12.8 Å². The zero-order valence-corrected chi connectivity index (χ0v) is 24.5. The first-order valence-electron chi connectivity index (χ1n) is 14.3. The topological polar surface area (TPSA) is 142 Å². The number of rotatable bonds is 5. The van der Waals surface area contributed by atoms with Crippen LogP contribution in [-0.4, -0.2) is 59.8 Å². The van der Waals surface area contributed by atoms with Crippen LogP contribution in [0.3, 0.4) is 0 Å². The molecule has 10 nitrogen and oxygen atoms in total. The zero-order chi connectivity index (χ0) is 29.9. The van der Waals surface area contributed by atoms with E-state index in [2.05, 4.69) is 0 Å². The molecule has 2 bridgehead atoms. The fraction of sp³-hybridized carbons (Fsp3) is 0.677. The van der Waals surface area contributed by atoms with Crippen LogP contribution in [0.2, 0.25) is 0 Å². The molecule has 3 aliphatic carbocycles. The number of carbonyl (C=O) groups is 4. The lowest BCUT2D eigenvalue weighted by Crippen LogP contribution is -2.73. The van der Waals surface area contributed by atoms with E-state index in [1.165, 1.54) is 19.4 Å². The van der Waals surface area contributed by atoms with Gasteiger partial charge in [0.2, 0.25) is 0 Å². The maximum Gasteiger partial charge on any atom is 0.335 e. The van der Waals surface area contributed by atoms with Crippen LogP contribution in [0.15, 0.2) is 34.7 Å². The normalized spacial score (nSPS) is 42.6. The van der Waals surface area contributed by atoms with Gasteiger partial charge in [0, 0.05) is 39.7 Å². The quantitative estimate of drug-likeness (QED) is 0.318. The van der Waals surface area contributed by atoms with Gasteiger partial charge in [-0.05, 0) is 24.5 Å². The van der Waals surface area contributed by atoms with Crippen molar-refractivity contribution in [3.8, 4) is 0 Å². The van der Waals surface area contributed by atoms with Crippen LogP contribution in [0.5, 0.6) is 0 Å². The van der Waals surface area contributed by atoms with Crippen LogP contribution in [0.25, 0.3) is 0 Å². The summed E-state index contributed by atoms with van der Waals surface area (Å²) in [4.78, 5) is 53.5. The highest BCUT2D eigenvalue weighted by atomic mass is 16.6. The number of ketones is 1. The standard InChI is InChI=1S/C31H38O10/c1-14(2)26(35)40-24-19-22(34)30(6,21(28(24,3)4)20(33)27(36)37-7)16-8-10-29(5)17(31(16)25(19)41-31)12-18(32)39-23(29)15-9-11-38-13-15/h9,11-14,16,19-21,23-25,33H,8,10H2,1-7H3/t16-,19-,20?,21+,23+,24-,25-,29-,30-,31-/m1/s1. The van der Waals surface area contributed by atoms with Crippen molar-refractivity contribution in [1.82, 2.24) is 0 Å². The van der Waals surface area contributed by atoms with E-state index in [9.17, 15) is 24.3 Å².